The highest BCUT2D eigenvalue weighted by atomic mass is 35.5. The van der Waals surface area contributed by atoms with E-state index in [1.54, 1.807) is 46.0 Å². The molecule has 3 aromatic rings. The molecule has 4 rings (SSSR count). The van der Waals surface area contributed by atoms with Crippen molar-refractivity contribution in [2.24, 2.45) is 0 Å². The van der Waals surface area contributed by atoms with E-state index in [4.69, 9.17) is 11.6 Å². The van der Waals surface area contributed by atoms with E-state index < -0.39 is 0 Å². The first-order valence-corrected chi connectivity index (χ1v) is 11.0. The Kier molecular flexibility index (Phi) is 6.46. The molecule has 8 nitrogen and oxygen atoms in total. The fraction of sp³-hybridized carbons (Fsp3) is 0.250. The monoisotopic (exact) mass is 465 g/mol. The molecular formula is C24H24ClN5O3. The van der Waals surface area contributed by atoms with Crippen LogP contribution in [0, 0.1) is 24.0 Å². The van der Waals surface area contributed by atoms with Crippen molar-refractivity contribution < 1.29 is 9.72 Å². The Morgan fingerprint density at radius 3 is 2.36 bits per heavy atom. The number of halogens is 1. The lowest BCUT2D eigenvalue weighted by molar-refractivity contribution is -0.384. The van der Waals surface area contributed by atoms with Gasteiger partial charge in [0.05, 0.1) is 10.6 Å². The summed E-state index contributed by atoms with van der Waals surface area (Å²) in [6.07, 6.45) is 3.35. The summed E-state index contributed by atoms with van der Waals surface area (Å²) >= 11 is 5.90. The Morgan fingerprint density at radius 1 is 1.06 bits per heavy atom. The molecule has 2 heterocycles. The second kappa shape index (κ2) is 9.46. The lowest BCUT2D eigenvalue weighted by Crippen LogP contribution is -2.48. The van der Waals surface area contributed by atoms with E-state index in [0.717, 1.165) is 22.6 Å². The highest BCUT2D eigenvalue weighted by Crippen LogP contribution is 2.29. The number of benzene rings is 2. The predicted octanol–water partition coefficient (Wildman–Crippen LogP) is 4.41. The summed E-state index contributed by atoms with van der Waals surface area (Å²) in [7, 11) is 0. The van der Waals surface area contributed by atoms with E-state index in [1.807, 2.05) is 32.0 Å². The molecule has 1 aliphatic heterocycles. The minimum absolute atomic E-state index is 0.00565. The van der Waals surface area contributed by atoms with Gasteiger partial charge in [0.1, 0.15) is 5.69 Å². The van der Waals surface area contributed by atoms with Gasteiger partial charge in [0.25, 0.3) is 5.69 Å². The minimum Gasteiger partial charge on any atom is -0.368 e. The van der Waals surface area contributed by atoms with Gasteiger partial charge in [-0.1, -0.05) is 23.7 Å². The molecule has 0 aliphatic carbocycles. The maximum atomic E-state index is 12.6. The lowest BCUT2D eigenvalue weighted by atomic mass is 10.2. The van der Waals surface area contributed by atoms with Gasteiger partial charge in [-0.15, -0.1) is 0 Å². The quantitative estimate of drug-likeness (QED) is 0.316. The maximum Gasteiger partial charge on any atom is 0.295 e. The summed E-state index contributed by atoms with van der Waals surface area (Å²) in [5.41, 5.74) is 3.85. The molecule has 1 aliphatic rings. The maximum absolute atomic E-state index is 12.6. The van der Waals surface area contributed by atoms with Gasteiger partial charge in [-0.3, -0.25) is 14.9 Å². The largest absolute Gasteiger partial charge is 0.368 e. The minimum atomic E-state index is -0.390. The first-order chi connectivity index (χ1) is 15.8. The van der Waals surface area contributed by atoms with Crippen molar-refractivity contribution in [3.8, 4) is 5.69 Å². The van der Waals surface area contributed by atoms with Gasteiger partial charge in [0, 0.05) is 54.7 Å². The number of amides is 1. The highest BCUT2D eigenvalue weighted by molar-refractivity contribution is 6.30. The number of hydrogen-bond acceptors (Lipinski definition) is 5. The zero-order valence-electron chi connectivity index (χ0n) is 18.4. The molecule has 1 saturated heterocycles. The van der Waals surface area contributed by atoms with Crippen molar-refractivity contribution in [3.63, 3.8) is 0 Å². The van der Waals surface area contributed by atoms with Crippen LogP contribution in [-0.2, 0) is 4.79 Å². The molecule has 1 aromatic heterocycles. The Hall–Kier alpha value is -3.65. The van der Waals surface area contributed by atoms with Gasteiger partial charge in [-0.2, -0.15) is 5.10 Å². The second-order valence-electron chi connectivity index (χ2n) is 7.97. The van der Waals surface area contributed by atoms with Gasteiger partial charge in [0.2, 0.25) is 5.91 Å². The van der Waals surface area contributed by atoms with Crippen LogP contribution in [0.3, 0.4) is 0 Å². The molecule has 0 saturated carbocycles. The fourth-order valence-corrected chi connectivity index (χ4v) is 4.06. The SMILES string of the molecule is Cc1cc(C)n(-c2cc(N3CCN(C(=O)C=Cc4ccc(Cl)cc4)CC3)ccc2[N+](=O)[O-])n1. The van der Waals surface area contributed by atoms with Crippen LogP contribution in [0.5, 0.6) is 0 Å². The van der Waals surface area contributed by atoms with Crippen molar-refractivity contribution >= 4 is 35.0 Å². The molecule has 0 bridgehead atoms. The molecule has 0 radical (unpaired) electrons. The first kappa shape index (κ1) is 22.5. The molecule has 33 heavy (non-hydrogen) atoms. The van der Waals surface area contributed by atoms with Crippen molar-refractivity contribution in [2.75, 3.05) is 31.1 Å². The van der Waals surface area contributed by atoms with E-state index in [0.29, 0.717) is 36.9 Å². The summed E-state index contributed by atoms with van der Waals surface area (Å²) in [6.45, 7) is 6.13. The van der Waals surface area contributed by atoms with Gasteiger partial charge >= 0.3 is 0 Å². The van der Waals surface area contributed by atoms with Crippen LogP contribution in [0.15, 0.2) is 54.6 Å². The van der Waals surface area contributed by atoms with Crippen LogP contribution < -0.4 is 4.90 Å². The number of carbonyl (C=O) groups is 1. The number of anilines is 1. The first-order valence-electron chi connectivity index (χ1n) is 10.6. The number of carbonyl (C=O) groups excluding carboxylic acids is 1. The van der Waals surface area contributed by atoms with Crippen LogP contribution in [0.4, 0.5) is 11.4 Å². The molecule has 0 spiro atoms. The highest BCUT2D eigenvalue weighted by Gasteiger charge is 2.23. The molecule has 170 valence electrons. The summed E-state index contributed by atoms with van der Waals surface area (Å²) in [5, 5.41) is 16.7. The Bertz CT molecular complexity index is 1210. The van der Waals surface area contributed by atoms with E-state index in [2.05, 4.69) is 10.00 Å². The number of aromatic nitrogens is 2. The number of nitrogens with zero attached hydrogens (tertiary/aromatic N) is 5. The Balaban J connectivity index is 1.46. The van der Waals surface area contributed by atoms with E-state index >= 15 is 0 Å². The summed E-state index contributed by atoms with van der Waals surface area (Å²) < 4.78 is 1.61. The molecule has 9 heteroatoms. The van der Waals surface area contributed by atoms with Gasteiger partial charge in [0.15, 0.2) is 0 Å². The van der Waals surface area contributed by atoms with Crippen molar-refractivity contribution in [1.29, 1.82) is 0 Å². The van der Waals surface area contributed by atoms with Crippen LogP contribution >= 0.6 is 11.6 Å². The Labute approximate surface area is 196 Å². The van der Waals surface area contributed by atoms with Gasteiger partial charge in [-0.25, -0.2) is 4.68 Å². The lowest BCUT2D eigenvalue weighted by Gasteiger charge is -2.35. The normalized spacial score (nSPS) is 14.2. The number of nitro groups is 1. The van der Waals surface area contributed by atoms with Gasteiger partial charge < -0.3 is 9.80 Å². The smallest absolute Gasteiger partial charge is 0.295 e. The number of piperazine rings is 1. The molecule has 0 N–H and O–H groups in total. The number of nitro benzene ring substituents is 1. The third-order valence-corrected chi connectivity index (χ3v) is 5.89. The molecule has 1 fully saturated rings. The van der Waals surface area contributed by atoms with Crippen molar-refractivity contribution in [2.45, 2.75) is 13.8 Å². The third kappa shape index (κ3) is 5.06. The van der Waals surface area contributed by atoms with Crippen LogP contribution in [-0.4, -0.2) is 51.7 Å². The zero-order chi connectivity index (χ0) is 23.5. The third-order valence-electron chi connectivity index (χ3n) is 5.64. The van der Waals surface area contributed by atoms with Crippen LogP contribution in [0.25, 0.3) is 11.8 Å². The summed E-state index contributed by atoms with van der Waals surface area (Å²) in [6, 6.07) is 14.3. The Morgan fingerprint density at radius 2 is 1.76 bits per heavy atom. The molecule has 1 amide bonds. The predicted molar refractivity (Wildman–Crippen MR) is 129 cm³/mol. The zero-order valence-corrected chi connectivity index (χ0v) is 19.2. The summed E-state index contributed by atoms with van der Waals surface area (Å²) in [4.78, 5) is 27.7. The average molecular weight is 466 g/mol. The second-order valence-corrected chi connectivity index (χ2v) is 8.40. The fourth-order valence-electron chi connectivity index (χ4n) is 3.94. The van der Waals surface area contributed by atoms with Gasteiger partial charge in [-0.05, 0) is 55.8 Å². The van der Waals surface area contributed by atoms with E-state index in [1.165, 1.54) is 6.07 Å². The molecule has 0 unspecified atom stereocenters. The summed E-state index contributed by atoms with van der Waals surface area (Å²) in [5.74, 6) is -0.0448. The average Bonchev–Trinajstić information content (AvgIpc) is 3.15. The van der Waals surface area contributed by atoms with E-state index in [-0.39, 0.29) is 16.5 Å². The molecule has 2 aromatic carbocycles. The number of aryl methyl sites for hydroxylation is 2. The molecule has 0 atom stereocenters. The van der Waals surface area contributed by atoms with Crippen molar-refractivity contribution in [3.05, 3.63) is 86.7 Å². The molecular weight excluding hydrogens is 442 g/mol. The standard InChI is InChI=1S/C24H24ClN5O3/c1-17-15-18(2)29(26-17)23-16-21(8-9-22(23)30(32)33)27-11-13-28(14-12-27)24(31)10-5-19-3-6-20(25)7-4-19/h3-10,15-16H,11-14H2,1-2H3. The topological polar surface area (TPSA) is 84.5 Å². The van der Waals surface area contributed by atoms with Crippen molar-refractivity contribution in [1.82, 2.24) is 14.7 Å². The van der Waals surface area contributed by atoms with Crippen LogP contribution in [0.2, 0.25) is 5.02 Å². The number of rotatable bonds is 5. The van der Waals surface area contributed by atoms with Crippen LogP contribution in [0.1, 0.15) is 17.0 Å². The van der Waals surface area contributed by atoms with E-state index in [9.17, 15) is 14.9 Å². The number of hydrogen-bond donors (Lipinski definition) is 0.